The van der Waals surface area contributed by atoms with E-state index in [1.54, 1.807) is 49.6 Å². The molecule has 5 nitrogen and oxygen atoms in total. The second-order valence-electron chi connectivity index (χ2n) is 7.83. The molecule has 0 aromatic heterocycles. The summed E-state index contributed by atoms with van der Waals surface area (Å²) in [5, 5.41) is 2.38. The van der Waals surface area contributed by atoms with Crippen LogP contribution in [0.15, 0.2) is 89.8 Å². The van der Waals surface area contributed by atoms with Crippen LogP contribution in [0, 0.1) is 0 Å². The minimum Gasteiger partial charge on any atom is -0.493 e. The van der Waals surface area contributed by atoms with Crippen LogP contribution in [-0.2, 0) is 11.4 Å². The lowest BCUT2D eigenvalue weighted by atomic mass is 10.1. The molecule has 174 valence electrons. The van der Waals surface area contributed by atoms with E-state index in [4.69, 9.17) is 21.1 Å². The third-order valence-electron chi connectivity index (χ3n) is 5.61. The van der Waals surface area contributed by atoms with Crippen molar-refractivity contribution in [1.82, 2.24) is 0 Å². The zero-order chi connectivity index (χ0) is 24.4. The second kappa shape index (κ2) is 9.86. The number of anilines is 1. The van der Waals surface area contributed by atoms with E-state index in [0.29, 0.717) is 33.7 Å². The molecule has 0 saturated carbocycles. The number of rotatable bonds is 6. The third kappa shape index (κ3) is 4.76. The number of nitrogens with zero attached hydrogens (tertiary/aromatic N) is 1. The fraction of sp³-hybridized carbons (Fsp3) is 0.0714. The van der Waals surface area contributed by atoms with Crippen LogP contribution >= 0.6 is 23.4 Å². The zero-order valence-electron chi connectivity index (χ0n) is 18.7. The monoisotopic (exact) mass is 501 g/mol. The highest BCUT2D eigenvalue weighted by atomic mass is 35.5. The Balaban J connectivity index is 1.36. The summed E-state index contributed by atoms with van der Waals surface area (Å²) in [7, 11) is 1.57. The van der Waals surface area contributed by atoms with Crippen LogP contribution in [0.4, 0.5) is 10.5 Å². The summed E-state index contributed by atoms with van der Waals surface area (Å²) in [5.41, 5.74) is 2.23. The van der Waals surface area contributed by atoms with Gasteiger partial charge in [0.1, 0.15) is 6.61 Å². The molecular weight excluding hydrogens is 482 g/mol. The maximum Gasteiger partial charge on any atom is 0.298 e. The zero-order valence-corrected chi connectivity index (χ0v) is 20.3. The quantitative estimate of drug-likeness (QED) is 0.259. The minimum atomic E-state index is -0.391. The fourth-order valence-electron chi connectivity index (χ4n) is 3.92. The van der Waals surface area contributed by atoms with Crippen molar-refractivity contribution in [2.75, 3.05) is 12.0 Å². The summed E-state index contributed by atoms with van der Waals surface area (Å²) in [4.78, 5) is 26.9. The number of carbonyl (C=O) groups is 2. The van der Waals surface area contributed by atoms with Crippen molar-refractivity contribution < 1.29 is 19.1 Å². The number of imide groups is 1. The van der Waals surface area contributed by atoms with Crippen LogP contribution in [0.2, 0.25) is 5.02 Å². The summed E-state index contributed by atoms with van der Waals surface area (Å²) in [6.45, 7) is 0.385. The Labute approximate surface area is 211 Å². The highest BCUT2D eigenvalue weighted by Crippen LogP contribution is 2.37. The summed E-state index contributed by atoms with van der Waals surface area (Å²) in [6.07, 6.45) is 1.67. The maximum atomic E-state index is 12.9. The third-order valence-corrected chi connectivity index (χ3v) is 6.71. The number of hydrogen-bond acceptors (Lipinski definition) is 5. The van der Waals surface area contributed by atoms with Crippen molar-refractivity contribution in [2.45, 2.75) is 6.61 Å². The van der Waals surface area contributed by atoms with Gasteiger partial charge < -0.3 is 9.47 Å². The van der Waals surface area contributed by atoms with Gasteiger partial charge in [0, 0.05) is 5.02 Å². The first-order valence-electron chi connectivity index (χ1n) is 10.8. The molecule has 1 saturated heterocycles. The lowest BCUT2D eigenvalue weighted by molar-refractivity contribution is -0.113. The summed E-state index contributed by atoms with van der Waals surface area (Å²) in [5.74, 6) is 0.732. The fourth-order valence-corrected chi connectivity index (χ4v) is 4.95. The molecule has 0 atom stereocenters. The molecule has 1 aliphatic heterocycles. The largest absolute Gasteiger partial charge is 0.493 e. The van der Waals surface area contributed by atoms with Gasteiger partial charge in [0.05, 0.1) is 17.7 Å². The van der Waals surface area contributed by atoms with Gasteiger partial charge in [-0.25, -0.2) is 4.90 Å². The molecule has 4 aromatic rings. The van der Waals surface area contributed by atoms with E-state index in [2.05, 4.69) is 18.2 Å². The van der Waals surface area contributed by atoms with E-state index in [-0.39, 0.29) is 5.24 Å². The van der Waals surface area contributed by atoms with Crippen LogP contribution in [0.25, 0.3) is 16.8 Å². The molecule has 0 spiro atoms. The predicted octanol–water partition coefficient (Wildman–Crippen LogP) is 7.32. The Hall–Kier alpha value is -3.74. The van der Waals surface area contributed by atoms with E-state index in [9.17, 15) is 9.59 Å². The van der Waals surface area contributed by atoms with Crippen molar-refractivity contribution >= 4 is 57.0 Å². The van der Waals surface area contributed by atoms with Gasteiger partial charge in [-0.05, 0) is 70.1 Å². The molecule has 0 bridgehead atoms. The number of ether oxygens (including phenoxy) is 2. The number of hydrogen-bond donors (Lipinski definition) is 0. The molecule has 35 heavy (non-hydrogen) atoms. The maximum absolute atomic E-state index is 12.9. The molecule has 0 N–H and O–H groups in total. The molecule has 0 unspecified atom stereocenters. The van der Waals surface area contributed by atoms with Crippen molar-refractivity contribution in [2.24, 2.45) is 0 Å². The van der Waals surface area contributed by atoms with Crippen LogP contribution < -0.4 is 14.4 Å². The van der Waals surface area contributed by atoms with Gasteiger partial charge in [-0.2, -0.15) is 0 Å². The molecule has 0 aliphatic carbocycles. The van der Waals surface area contributed by atoms with Crippen molar-refractivity contribution in [3.8, 4) is 11.5 Å². The first kappa shape index (κ1) is 23.0. The summed E-state index contributed by atoms with van der Waals surface area (Å²) in [6, 6.07) is 26.4. The Morgan fingerprint density at radius 2 is 1.71 bits per heavy atom. The van der Waals surface area contributed by atoms with Crippen LogP contribution in [0.1, 0.15) is 11.1 Å². The number of benzene rings is 4. The average Bonchev–Trinajstić information content (AvgIpc) is 3.15. The molecule has 2 amide bonds. The Bertz CT molecular complexity index is 1480. The van der Waals surface area contributed by atoms with Gasteiger partial charge in [0.25, 0.3) is 11.1 Å². The van der Waals surface area contributed by atoms with Gasteiger partial charge >= 0.3 is 0 Å². The van der Waals surface area contributed by atoms with Gasteiger partial charge in [0.15, 0.2) is 11.5 Å². The topological polar surface area (TPSA) is 55.8 Å². The number of fused-ring (bicyclic) bond motifs is 1. The number of carbonyl (C=O) groups excluding carboxylic acids is 2. The summed E-state index contributed by atoms with van der Waals surface area (Å²) < 4.78 is 11.6. The smallest absolute Gasteiger partial charge is 0.298 e. The van der Waals surface area contributed by atoms with Crippen molar-refractivity contribution in [3.05, 3.63) is 106 Å². The number of methoxy groups -OCH3 is 1. The average molecular weight is 502 g/mol. The molecule has 1 aliphatic rings. The molecule has 1 fully saturated rings. The van der Waals surface area contributed by atoms with Crippen LogP contribution in [0.3, 0.4) is 0 Å². The van der Waals surface area contributed by atoms with Gasteiger partial charge in [-0.3, -0.25) is 9.59 Å². The number of halogens is 1. The molecule has 7 heteroatoms. The van der Waals surface area contributed by atoms with E-state index in [1.165, 1.54) is 0 Å². The standard InChI is InChI=1S/C28H20ClNO4S/c1-33-25-14-18(15-26-27(31)30(28(32)35-26)22-10-5-9-21(29)16-22)12-13-24(25)34-17-20-8-4-7-19-6-2-3-11-23(19)20/h2-16H,17H2,1H3/b26-15+. The minimum absolute atomic E-state index is 0.321. The summed E-state index contributed by atoms with van der Waals surface area (Å²) >= 11 is 6.92. The predicted molar refractivity (Wildman–Crippen MR) is 141 cm³/mol. The van der Waals surface area contributed by atoms with Crippen LogP contribution in [0.5, 0.6) is 11.5 Å². The number of thioether (sulfide) groups is 1. The highest BCUT2D eigenvalue weighted by Gasteiger charge is 2.36. The highest BCUT2D eigenvalue weighted by molar-refractivity contribution is 8.19. The van der Waals surface area contributed by atoms with E-state index in [1.807, 2.05) is 30.3 Å². The number of amides is 2. The van der Waals surface area contributed by atoms with Crippen molar-refractivity contribution in [3.63, 3.8) is 0 Å². The van der Waals surface area contributed by atoms with E-state index >= 15 is 0 Å². The Morgan fingerprint density at radius 3 is 2.54 bits per heavy atom. The molecule has 4 aromatic carbocycles. The normalized spacial score (nSPS) is 14.7. The second-order valence-corrected chi connectivity index (χ2v) is 9.26. The van der Waals surface area contributed by atoms with E-state index in [0.717, 1.165) is 38.6 Å². The molecule has 1 heterocycles. The first-order valence-corrected chi connectivity index (χ1v) is 12.0. The molecule has 5 rings (SSSR count). The van der Waals surface area contributed by atoms with Crippen LogP contribution in [-0.4, -0.2) is 18.3 Å². The van der Waals surface area contributed by atoms with E-state index < -0.39 is 5.91 Å². The molecule has 0 radical (unpaired) electrons. The van der Waals surface area contributed by atoms with Gasteiger partial charge in [-0.15, -0.1) is 0 Å². The Kier molecular flexibility index (Phi) is 6.49. The van der Waals surface area contributed by atoms with Gasteiger partial charge in [-0.1, -0.05) is 66.2 Å². The first-order chi connectivity index (χ1) is 17.0. The molecular formula is C28H20ClNO4S. The Morgan fingerprint density at radius 1 is 0.914 bits per heavy atom. The van der Waals surface area contributed by atoms with Gasteiger partial charge in [0.2, 0.25) is 0 Å². The van der Waals surface area contributed by atoms with Crippen molar-refractivity contribution in [1.29, 1.82) is 0 Å². The SMILES string of the molecule is COc1cc(/C=C2/SC(=O)N(c3cccc(Cl)c3)C2=O)ccc1OCc1cccc2ccccc12. The lowest BCUT2D eigenvalue weighted by Gasteiger charge is -2.13. The lowest BCUT2D eigenvalue weighted by Crippen LogP contribution is -2.27.